The van der Waals surface area contributed by atoms with Crippen LogP contribution in [0.4, 0.5) is 11.6 Å². The van der Waals surface area contributed by atoms with E-state index in [-0.39, 0.29) is 23.9 Å². The molecule has 1 amide bonds. The van der Waals surface area contributed by atoms with Crippen molar-refractivity contribution in [3.8, 4) is 0 Å². The molecule has 0 spiro atoms. The molecule has 7 heteroatoms. The van der Waals surface area contributed by atoms with E-state index in [1.807, 2.05) is 49.0 Å². The molecule has 0 saturated heterocycles. The van der Waals surface area contributed by atoms with E-state index < -0.39 is 0 Å². The van der Waals surface area contributed by atoms with Gasteiger partial charge in [-0.3, -0.25) is 4.79 Å². The minimum absolute atomic E-state index is 0.0171. The summed E-state index contributed by atoms with van der Waals surface area (Å²) < 4.78 is 1.82. The molecule has 1 aliphatic heterocycles. The lowest BCUT2D eigenvalue weighted by Crippen LogP contribution is -2.46. The van der Waals surface area contributed by atoms with Gasteiger partial charge in [0.25, 0.3) is 0 Å². The average Bonchev–Trinajstić information content (AvgIpc) is 3.27. The van der Waals surface area contributed by atoms with Gasteiger partial charge < -0.3 is 10.6 Å². The molecule has 0 bridgehead atoms. The topological polar surface area (TPSA) is 71.8 Å². The second-order valence-electron chi connectivity index (χ2n) is 6.75. The summed E-state index contributed by atoms with van der Waals surface area (Å²) >= 11 is 1.63. The Morgan fingerprint density at radius 1 is 1.31 bits per heavy atom. The van der Waals surface area contributed by atoms with Crippen LogP contribution in [-0.4, -0.2) is 26.7 Å². The van der Waals surface area contributed by atoms with Crippen LogP contribution in [0.1, 0.15) is 29.0 Å². The largest absolute Gasteiger partial charge is 0.351 e. The van der Waals surface area contributed by atoms with Crippen molar-refractivity contribution in [1.82, 2.24) is 14.8 Å². The standard InChI is InChI=1S/C19H21N5OS/c1-11-6-7-14(12(2)9-11)23-18(25)16-13(3)22-19-20-10-21-24(19)17(16)15-5-4-8-26-15/h4-10,13,16-17H,1-3H3,(H,23,25)(H,20,21,22). The van der Waals surface area contributed by atoms with Crippen LogP contribution in [0.2, 0.25) is 0 Å². The van der Waals surface area contributed by atoms with Crippen molar-refractivity contribution in [2.75, 3.05) is 10.6 Å². The Morgan fingerprint density at radius 3 is 2.88 bits per heavy atom. The quantitative estimate of drug-likeness (QED) is 0.742. The van der Waals surface area contributed by atoms with Crippen molar-refractivity contribution in [3.63, 3.8) is 0 Å². The van der Waals surface area contributed by atoms with E-state index in [2.05, 4.69) is 32.8 Å². The average molecular weight is 367 g/mol. The minimum Gasteiger partial charge on any atom is -0.351 e. The van der Waals surface area contributed by atoms with E-state index in [9.17, 15) is 4.79 Å². The number of aryl methyl sites for hydroxylation is 2. The Kier molecular flexibility index (Phi) is 4.24. The van der Waals surface area contributed by atoms with E-state index in [0.717, 1.165) is 16.1 Å². The Morgan fingerprint density at radius 2 is 2.15 bits per heavy atom. The number of anilines is 2. The van der Waals surface area contributed by atoms with Crippen molar-refractivity contribution < 1.29 is 4.79 Å². The summed E-state index contributed by atoms with van der Waals surface area (Å²) in [6.45, 7) is 6.08. The molecule has 2 N–H and O–H groups in total. The Hall–Kier alpha value is -2.67. The van der Waals surface area contributed by atoms with Crippen molar-refractivity contribution in [2.45, 2.75) is 32.9 Å². The fraction of sp³-hybridized carbons (Fsp3) is 0.316. The molecule has 2 aromatic heterocycles. The number of nitrogens with zero attached hydrogens (tertiary/aromatic N) is 3. The van der Waals surface area contributed by atoms with Gasteiger partial charge in [-0.05, 0) is 43.8 Å². The summed E-state index contributed by atoms with van der Waals surface area (Å²) in [7, 11) is 0. The zero-order valence-electron chi connectivity index (χ0n) is 14.9. The first-order valence-electron chi connectivity index (χ1n) is 8.62. The molecule has 3 atom stereocenters. The maximum absolute atomic E-state index is 13.2. The summed E-state index contributed by atoms with van der Waals surface area (Å²) in [6, 6.07) is 9.87. The molecule has 0 radical (unpaired) electrons. The van der Waals surface area contributed by atoms with E-state index in [4.69, 9.17) is 0 Å². The first kappa shape index (κ1) is 16.8. The summed E-state index contributed by atoms with van der Waals surface area (Å²) in [5.41, 5.74) is 3.09. The highest BCUT2D eigenvalue weighted by Gasteiger charge is 2.41. The van der Waals surface area contributed by atoms with Gasteiger partial charge in [0.1, 0.15) is 12.4 Å². The third kappa shape index (κ3) is 2.88. The number of carbonyl (C=O) groups is 1. The molecule has 6 nitrogen and oxygen atoms in total. The van der Waals surface area contributed by atoms with Crippen molar-refractivity contribution in [2.24, 2.45) is 5.92 Å². The maximum Gasteiger partial charge on any atom is 0.232 e. The first-order valence-corrected chi connectivity index (χ1v) is 9.50. The van der Waals surface area contributed by atoms with Crippen LogP contribution >= 0.6 is 11.3 Å². The monoisotopic (exact) mass is 367 g/mol. The molecular weight excluding hydrogens is 346 g/mol. The number of aromatic nitrogens is 3. The normalized spacial score (nSPS) is 21.7. The van der Waals surface area contributed by atoms with Gasteiger partial charge in [0, 0.05) is 16.6 Å². The predicted octanol–water partition coefficient (Wildman–Crippen LogP) is 3.61. The Labute approximate surface area is 156 Å². The summed E-state index contributed by atoms with van der Waals surface area (Å²) in [5, 5.41) is 12.8. The number of benzene rings is 1. The molecule has 134 valence electrons. The lowest BCUT2D eigenvalue weighted by atomic mass is 9.88. The number of carbonyl (C=O) groups excluding carboxylic acids is 1. The van der Waals surface area contributed by atoms with E-state index in [0.29, 0.717) is 5.95 Å². The lowest BCUT2D eigenvalue weighted by molar-refractivity contribution is -0.121. The van der Waals surface area contributed by atoms with Crippen LogP contribution in [0.25, 0.3) is 0 Å². The first-order chi connectivity index (χ1) is 12.5. The molecule has 1 aromatic carbocycles. The SMILES string of the molecule is Cc1ccc(NC(=O)C2C(C)Nc3ncnn3C2c2cccs2)c(C)c1. The molecule has 3 aromatic rings. The highest BCUT2D eigenvalue weighted by Crippen LogP contribution is 2.38. The molecule has 0 saturated carbocycles. The zero-order chi connectivity index (χ0) is 18.3. The second-order valence-corrected chi connectivity index (χ2v) is 7.73. The van der Waals surface area contributed by atoms with Crippen molar-refractivity contribution in [1.29, 1.82) is 0 Å². The number of nitrogens with one attached hydrogen (secondary N) is 2. The number of hydrogen-bond acceptors (Lipinski definition) is 5. The Balaban J connectivity index is 1.70. The predicted molar refractivity (Wildman–Crippen MR) is 104 cm³/mol. The zero-order valence-corrected chi connectivity index (χ0v) is 15.7. The maximum atomic E-state index is 13.2. The fourth-order valence-electron chi connectivity index (χ4n) is 3.57. The number of thiophene rings is 1. The number of amides is 1. The van der Waals surface area contributed by atoms with Gasteiger partial charge in [-0.1, -0.05) is 23.8 Å². The van der Waals surface area contributed by atoms with E-state index in [1.54, 1.807) is 11.3 Å². The van der Waals surface area contributed by atoms with Crippen molar-refractivity contribution >= 4 is 28.9 Å². The van der Waals surface area contributed by atoms with Crippen LogP contribution in [0.5, 0.6) is 0 Å². The summed E-state index contributed by atoms with van der Waals surface area (Å²) in [5.74, 6) is 0.381. The van der Waals surface area contributed by atoms with Crippen LogP contribution < -0.4 is 10.6 Å². The van der Waals surface area contributed by atoms with Crippen LogP contribution in [0.15, 0.2) is 42.0 Å². The van der Waals surface area contributed by atoms with Crippen LogP contribution in [-0.2, 0) is 4.79 Å². The third-order valence-electron chi connectivity index (χ3n) is 4.85. The molecular formula is C19H21N5OS. The fourth-order valence-corrected chi connectivity index (χ4v) is 4.43. The molecule has 0 fully saturated rings. The molecule has 4 rings (SSSR count). The van der Waals surface area contributed by atoms with E-state index in [1.165, 1.54) is 11.9 Å². The lowest BCUT2D eigenvalue weighted by Gasteiger charge is -2.36. The van der Waals surface area contributed by atoms with Gasteiger partial charge >= 0.3 is 0 Å². The summed E-state index contributed by atoms with van der Waals surface area (Å²) in [4.78, 5) is 18.6. The van der Waals surface area contributed by atoms with Gasteiger partial charge in [0.05, 0.1) is 5.92 Å². The number of fused-ring (bicyclic) bond motifs is 1. The molecule has 0 aliphatic carbocycles. The highest BCUT2D eigenvalue weighted by atomic mass is 32.1. The highest BCUT2D eigenvalue weighted by molar-refractivity contribution is 7.10. The van der Waals surface area contributed by atoms with Gasteiger partial charge in [0.2, 0.25) is 11.9 Å². The summed E-state index contributed by atoms with van der Waals surface area (Å²) in [6.07, 6.45) is 1.53. The molecule has 26 heavy (non-hydrogen) atoms. The number of rotatable bonds is 3. The van der Waals surface area contributed by atoms with Crippen LogP contribution in [0, 0.1) is 19.8 Å². The van der Waals surface area contributed by atoms with Gasteiger partial charge in [0.15, 0.2) is 0 Å². The third-order valence-corrected chi connectivity index (χ3v) is 5.79. The van der Waals surface area contributed by atoms with E-state index >= 15 is 0 Å². The molecule has 3 unspecified atom stereocenters. The molecule has 1 aliphatic rings. The van der Waals surface area contributed by atoms with Gasteiger partial charge in [-0.15, -0.1) is 11.3 Å². The molecule has 3 heterocycles. The Bertz CT molecular complexity index is 933. The van der Waals surface area contributed by atoms with Gasteiger partial charge in [-0.25, -0.2) is 4.68 Å². The van der Waals surface area contributed by atoms with Crippen LogP contribution in [0.3, 0.4) is 0 Å². The minimum atomic E-state index is -0.302. The number of hydrogen-bond donors (Lipinski definition) is 2. The van der Waals surface area contributed by atoms with Gasteiger partial charge in [-0.2, -0.15) is 10.1 Å². The second kappa shape index (κ2) is 6.57. The smallest absolute Gasteiger partial charge is 0.232 e. The van der Waals surface area contributed by atoms with Crippen molar-refractivity contribution in [3.05, 3.63) is 58.0 Å².